The number of hydrogen-bond donors (Lipinski definition) is 1. The zero-order valence-corrected chi connectivity index (χ0v) is 11.6. The standard InChI is InChI=1S/C12H15BrFNS/c1-8(15-10-4-5-16-7-10)9-2-3-12(14)11(13)6-9/h2-3,6,8,10,15H,4-5,7H2,1H3. The molecular formula is C12H15BrFNS. The summed E-state index contributed by atoms with van der Waals surface area (Å²) in [5.74, 6) is 2.23. The molecule has 0 aliphatic carbocycles. The van der Waals surface area contributed by atoms with Crippen LogP contribution in [0.5, 0.6) is 0 Å². The van der Waals surface area contributed by atoms with Gasteiger partial charge in [-0.3, -0.25) is 0 Å². The minimum atomic E-state index is -0.202. The zero-order chi connectivity index (χ0) is 11.5. The third-order valence-corrected chi connectivity index (χ3v) is 4.63. The second-order valence-corrected chi connectivity index (χ2v) is 6.13. The van der Waals surface area contributed by atoms with Crippen LogP contribution in [0.25, 0.3) is 0 Å². The van der Waals surface area contributed by atoms with Gasteiger partial charge in [-0.25, -0.2) is 4.39 Å². The zero-order valence-electron chi connectivity index (χ0n) is 9.17. The molecule has 0 amide bonds. The van der Waals surface area contributed by atoms with E-state index in [9.17, 15) is 4.39 Å². The maximum absolute atomic E-state index is 13.1. The van der Waals surface area contributed by atoms with Crippen LogP contribution < -0.4 is 5.32 Å². The van der Waals surface area contributed by atoms with E-state index in [1.807, 2.05) is 23.9 Å². The van der Waals surface area contributed by atoms with Gasteiger partial charge in [-0.1, -0.05) is 6.07 Å². The molecule has 1 fully saturated rings. The number of benzene rings is 1. The summed E-state index contributed by atoms with van der Waals surface area (Å²) in [7, 11) is 0. The average Bonchev–Trinajstić information content (AvgIpc) is 2.74. The van der Waals surface area contributed by atoms with Crippen LogP contribution in [-0.4, -0.2) is 17.5 Å². The molecule has 1 heterocycles. The minimum Gasteiger partial charge on any atom is -0.307 e. The SMILES string of the molecule is CC(NC1CCSC1)c1ccc(F)c(Br)c1. The van der Waals surface area contributed by atoms with Crippen molar-refractivity contribution >= 4 is 27.7 Å². The van der Waals surface area contributed by atoms with Crippen LogP contribution in [-0.2, 0) is 0 Å². The first-order valence-electron chi connectivity index (χ1n) is 5.45. The van der Waals surface area contributed by atoms with E-state index in [0.717, 1.165) is 5.56 Å². The van der Waals surface area contributed by atoms with Gasteiger partial charge in [0.15, 0.2) is 0 Å². The van der Waals surface area contributed by atoms with Gasteiger partial charge in [-0.05, 0) is 52.7 Å². The number of nitrogens with one attached hydrogen (secondary N) is 1. The molecule has 0 saturated carbocycles. The van der Waals surface area contributed by atoms with Gasteiger partial charge in [0.1, 0.15) is 5.82 Å². The Bertz CT molecular complexity index is 366. The quantitative estimate of drug-likeness (QED) is 0.913. The lowest BCUT2D eigenvalue weighted by Crippen LogP contribution is -2.31. The second kappa shape index (κ2) is 5.52. The van der Waals surface area contributed by atoms with Gasteiger partial charge in [0.2, 0.25) is 0 Å². The third-order valence-electron chi connectivity index (χ3n) is 2.86. The molecule has 2 rings (SSSR count). The first-order valence-corrected chi connectivity index (χ1v) is 7.40. The Kier molecular flexibility index (Phi) is 4.27. The normalized spacial score (nSPS) is 22.3. The molecular weight excluding hydrogens is 289 g/mol. The van der Waals surface area contributed by atoms with E-state index >= 15 is 0 Å². The summed E-state index contributed by atoms with van der Waals surface area (Å²) in [5, 5.41) is 3.58. The van der Waals surface area contributed by atoms with Crippen molar-refractivity contribution in [1.82, 2.24) is 5.32 Å². The van der Waals surface area contributed by atoms with Crippen LogP contribution in [0, 0.1) is 5.82 Å². The summed E-state index contributed by atoms with van der Waals surface area (Å²) in [6.07, 6.45) is 1.23. The van der Waals surface area contributed by atoms with Gasteiger partial charge in [0, 0.05) is 17.8 Å². The van der Waals surface area contributed by atoms with Crippen molar-refractivity contribution in [3.8, 4) is 0 Å². The summed E-state index contributed by atoms with van der Waals surface area (Å²) in [6.45, 7) is 2.13. The molecule has 2 unspecified atom stereocenters. The highest BCUT2D eigenvalue weighted by Crippen LogP contribution is 2.24. The van der Waals surface area contributed by atoms with Crippen LogP contribution in [0.3, 0.4) is 0 Å². The molecule has 4 heteroatoms. The average molecular weight is 304 g/mol. The maximum Gasteiger partial charge on any atom is 0.137 e. The fourth-order valence-electron chi connectivity index (χ4n) is 1.90. The molecule has 1 N–H and O–H groups in total. The Morgan fingerprint density at radius 1 is 1.56 bits per heavy atom. The minimum absolute atomic E-state index is 0.202. The third kappa shape index (κ3) is 2.99. The van der Waals surface area contributed by atoms with Crippen molar-refractivity contribution in [2.24, 2.45) is 0 Å². The fraction of sp³-hybridized carbons (Fsp3) is 0.500. The Morgan fingerprint density at radius 2 is 2.38 bits per heavy atom. The Hall–Kier alpha value is -0.0600. The summed E-state index contributed by atoms with van der Waals surface area (Å²) in [4.78, 5) is 0. The summed E-state index contributed by atoms with van der Waals surface area (Å²) >= 11 is 5.21. The molecule has 16 heavy (non-hydrogen) atoms. The largest absolute Gasteiger partial charge is 0.307 e. The van der Waals surface area contributed by atoms with Gasteiger partial charge in [0.25, 0.3) is 0 Å². The van der Waals surface area contributed by atoms with E-state index in [1.165, 1.54) is 24.0 Å². The number of halogens is 2. The molecule has 1 aliphatic heterocycles. The number of hydrogen-bond acceptors (Lipinski definition) is 2. The topological polar surface area (TPSA) is 12.0 Å². The van der Waals surface area contributed by atoms with Crippen LogP contribution >= 0.6 is 27.7 Å². The smallest absolute Gasteiger partial charge is 0.137 e. The predicted molar refractivity (Wildman–Crippen MR) is 71.4 cm³/mol. The van der Waals surface area contributed by atoms with Crippen molar-refractivity contribution in [2.45, 2.75) is 25.4 Å². The highest BCUT2D eigenvalue weighted by Gasteiger charge is 2.18. The first-order chi connectivity index (χ1) is 7.66. The molecule has 1 aliphatic rings. The van der Waals surface area contributed by atoms with Crippen LogP contribution in [0.1, 0.15) is 24.9 Å². The summed E-state index contributed by atoms with van der Waals surface area (Å²) in [6, 6.07) is 6.10. The Morgan fingerprint density at radius 3 is 3.00 bits per heavy atom. The molecule has 1 aromatic rings. The molecule has 0 bridgehead atoms. The summed E-state index contributed by atoms with van der Waals surface area (Å²) in [5.41, 5.74) is 1.13. The van der Waals surface area contributed by atoms with Gasteiger partial charge in [-0.2, -0.15) is 11.8 Å². The monoisotopic (exact) mass is 303 g/mol. The number of rotatable bonds is 3. The Balaban J connectivity index is 2.02. The van der Waals surface area contributed by atoms with Crippen LogP contribution in [0.4, 0.5) is 4.39 Å². The predicted octanol–water partition coefficient (Wildman–Crippen LogP) is 3.74. The van der Waals surface area contributed by atoms with Gasteiger partial charge in [-0.15, -0.1) is 0 Å². The van der Waals surface area contributed by atoms with E-state index < -0.39 is 0 Å². The fourth-order valence-corrected chi connectivity index (χ4v) is 3.46. The molecule has 1 saturated heterocycles. The van der Waals surface area contributed by atoms with Crippen molar-refractivity contribution in [2.75, 3.05) is 11.5 Å². The van der Waals surface area contributed by atoms with E-state index in [0.29, 0.717) is 10.5 Å². The second-order valence-electron chi connectivity index (χ2n) is 4.12. The van der Waals surface area contributed by atoms with E-state index in [-0.39, 0.29) is 11.9 Å². The highest BCUT2D eigenvalue weighted by atomic mass is 79.9. The lowest BCUT2D eigenvalue weighted by atomic mass is 10.1. The van der Waals surface area contributed by atoms with Crippen LogP contribution in [0.15, 0.2) is 22.7 Å². The Labute approximate surface area is 108 Å². The van der Waals surface area contributed by atoms with E-state index in [2.05, 4.69) is 28.2 Å². The molecule has 0 spiro atoms. The highest BCUT2D eigenvalue weighted by molar-refractivity contribution is 9.10. The van der Waals surface area contributed by atoms with E-state index in [1.54, 1.807) is 0 Å². The van der Waals surface area contributed by atoms with E-state index in [4.69, 9.17) is 0 Å². The van der Waals surface area contributed by atoms with Crippen molar-refractivity contribution in [3.05, 3.63) is 34.1 Å². The maximum atomic E-state index is 13.1. The van der Waals surface area contributed by atoms with Crippen molar-refractivity contribution in [1.29, 1.82) is 0 Å². The molecule has 0 radical (unpaired) electrons. The van der Waals surface area contributed by atoms with Gasteiger partial charge in [0.05, 0.1) is 4.47 Å². The summed E-state index contributed by atoms with van der Waals surface area (Å²) < 4.78 is 13.6. The van der Waals surface area contributed by atoms with Crippen molar-refractivity contribution in [3.63, 3.8) is 0 Å². The molecule has 88 valence electrons. The lowest BCUT2D eigenvalue weighted by Gasteiger charge is -2.19. The van der Waals surface area contributed by atoms with Crippen LogP contribution in [0.2, 0.25) is 0 Å². The molecule has 2 atom stereocenters. The first kappa shape index (κ1) is 12.4. The molecule has 0 aromatic heterocycles. The van der Waals surface area contributed by atoms with Gasteiger partial charge < -0.3 is 5.32 Å². The molecule has 1 aromatic carbocycles. The van der Waals surface area contributed by atoms with Crippen molar-refractivity contribution < 1.29 is 4.39 Å². The van der Waals surface area contributed by atoms with Gasteiger partial charge >= 0.3 is 0 Å². The molecule has 1 nitrogen and oxygen atoms in total. The lowest BCUT2D eigenvalue weighted by molar-refractivity contribution is 0.485. The number of thioether (sulfide) groups is 1.